The highest BCUT2D eigenvalue weighted by molar-refractivity contribution is 5.84. The lowest BCUT2D eigenvalue weighted by atomic mass is 9.72. The van der Waals surface area contributed by atoms with E-state index < -0.39 is 23.6 Å². The number of aliphatic hydroxyl groups is 1. The van der Waals surface area contributed by atoms with Crippen LogP contribution in [0.5, 0.6) is 11.5 Å². The quantitative estimate of drug-likeness (QED) is 0.523. The number of likely N-dealkylation sites (tertiary alicyclic amines) is 1. The fraction of sp³-hybridized carbons (Fsp3) is 0.714. The maximum atomic E-state index is 13.7. The number of benzene rings is 1. The summed E-state index contributed by atoms with van der Waals surface area (Å²) in [6.07, 6.45) is 6.08. The first-order valence-corrected chi connectivity index (χ1v) is 13.2. The fourth-order valence-corrected chi connectivity index (χ4v) is 5.75. The van der Waals surface area contributed by atoms with Crippen molar-refractivity contribution in [1.29, 1.82) is 0 Å². The van der Waals surface area contributed by atoms with Crippen molar-refractivity contribution < 1.29 is 28.9 Å². The van der Waals surface area contributed by atoms with E-state index >= 15 is 0 Å². The third-order valence-electron chi connectivity index (χ3n) is 8.37. The minimum atomic E-state index is -0.752. The summed E-state index contributed by atoms with van der Waals surface area (Å²) in [5.74, 6) is 1.41. The zero-order chi connectivity index (χ0) is 25.2. The van der Waals surface area contributed by atoms with Crippen LogP contribution in [0.1, 0.15) is 77.2 Å². The lowest BCUT2D eigenvalue weighted by Crippen LogP contribution is -2.46. The van der Waals surface area contributed by atoms with Crippen LogP contribution >= 0.6 is 0 Å². The summed E-state index contributed by atoms with van der Waals surface area (Å²) in [5, 5.41) is 10.9. The number of nitrogens with zero attached hydrogens (tertiary/aromatic N) is 1. The molecule has 1 saturated heterocycles. The Balaban J connectivity index is 1.59. The molecule has 1 aromatic rings. The molecule has 1 aromatic carbocycles. The van der Waals surface area contributed by atoms with Gasteiger partial charge in [-0.2, -0.15) is 0 Å². The zero-order valence-electron chi connectivity index (χ0n) is 21.6. The highest BCUT2D eigenvalue weighted by atomic mass is 16.5. The van der Waals surface area contributed by atoms with E-state index in [0.29, 0.717) is 37.1 Å². The number of rotatable bonds is 9. The zero-order valence-corrected chi connectivity index (χ0v) is 21.6. The van der Waals surface area contributed by atoms with E-state index in [1.165, 1.54) is 19.8 Å². The van der Waals surface area contributed by atoms with Crippen molar-refractivity contribution in [3.8, 4) is 11.5 Å². The Bertz CT molecular complexity index is 907. The molecule has 1 unspecified atom stereocenters. The van der Waals surface area contributed by atoms with Gasteiger partial charge in [0, 0.05) is 37.3 Å². The van der Waals surface area contributed by atoms with Gasteiger partial charge in [0.1, 0.15) is 0 Å². The first-order chi connectivity index (χ1) is 16.7. The van der Waals surface area contributed by atoms with Gasteiger partial charge in [0.15, 0.2) is 17.6 Å². The Hall–Kier alpha value is -2.28. The number of aliphatic hydroxyl groups excluding tert-OH is 1. The number of ether oxygens (including phenoxy) is 3. The summed E-state index contributed by atoms with van der Waals surface area (Å²) in [7, 11) is 1.63. The number of esters is 1. The van der Waals surface area contributed by atoms with E-state index in [1.54, 1.807) is 18.9 Å². The molecule has 7 nitrogen and oxygen atoms in total. The molecule has 1 amide bonds. The lowest BCUT2D eigenvalue weighted by Gasteiger charge is -2.34. The van der Waals surface area contributed by atoms with Crippen molar-refractivity contribution in [2.75, 3.05) is 26.8 Å². The van der Waals surface area contributed by atoms with Gasteiger partial charge in [-0.15, -0.1) is 0 Å². The third-order valence-corrected chi connectivity index (χ3v) is 8.37. The highest BCUT2D eigenvalue weighted by Crippen LogP contribution is 2.47. The largest absolute Gasteiger partial charge is 0.493 e. The van der Waals surface area contributed by atoms with Crippen LogP contribution < -0.4 is 9.47 Å². The average molecular weight is 488 g/mol. The van der Waals surface area contributed by atoms with Gasteiger partial charge in [0.05, 0.1) is 19.8 Å². The Labute approximate surface area is 209 Å². The fourth-order valence-electron chi connectivity index (χ4n) is 5.75. The molecule has 7 heteroatoms. The Morgan fingerprint density at radius 3 is 2.46 bits per heavy atom. The number of carbonyl (C=O) groups is 2. The van der Waals surface area contributed by atoms with Crippen LogP contribution in [-0.2, 0) is 14.3 Å². The third kappa shape index (κ3) is 5.76. The number of methoxy groups -OCH3 is 1. The van der Waals surface area contributed by atoms with Crippen LogP contribution in [0, 0.1) is 17.3 Å². The van der Waals surface area contributed by atoms with Crippen LogP contribution in [0.4, 0.5) is 0 Å². The number of amides is 1. The van der Waals surface area contributed by atoms with E-state index in [-0.39, 0.29) is 17.7 Å². The highest BCUT2D eigenvalue weighted by Gasteiger charge is 2.50. The molecule has 1 heterocycles. The molecule has 4 rings (SSSR count). The number of hydrogen-bond donors (Lipinski definition) is 1. The molecule has 1 N–H and O–H groups in total. The summed E-state index contributed by atoms with van der Waals surface area (Å²) >= 11 is 0. The van der Waals surface area contributed by atoms with Crippen LogP contribution in [-0.4, -0.2) is 60.9 Å². The van der Waals surface area contributed by atoms with E-state index in [9.17, 15) is 14.7 Å². The molecular weight excluding hydrogens is 446 g/mol. The molecule has 2 saturated carbocycles. The SMILES string of the molecule is COc1ccc([C@@H]2CN(C(=O)[C@@H](OC(C)=O)C3CCCCC3)CC2(C)[C@@H](C)O)cc1OCC1CC1. The average Bonchev–Trinajstić information content (AvgIpc) is 3.61. The Morgan fingerprint density at radius 1 is 1.14 bits per heavy atom. The van der Waals surface area contributed by atoms with Gasteiger partial charge in [-0.05, 0) is 56.2 Å². The molecule has 0 radical (unpaired) electrons. The molecule has 0 aromatic heterocycles. The van der Waals surface area contributed by atoms with Crippen LogP contribution in [0.25, 0.3) is 0 Å². The van der Waals surface area contributed by atoms with Crippen molar-refractivity contribution in [1.82, 2.24) is 4.90 Å². The normalized spacial score (nSPS) is 26.8. The Morgan fingerprint density at radius 2 is 1.86 bits per heavy atom. The smallest absolute Gasteiger partial charge is 0.303 e. The maximum absolute atomic E-state index is 13.7. The molecule has 1 aliphatic heterocycles. The van der Waals surface area contributed by atoms with E-state index in [4.69, 9.17) is 14.2 Å². The minimum Gasteiger partial charge on any atom is -0.493 e. The summed E-state index contributed by atoms with van der Waals surface area (Å²) < 4.78 is 17.2. The molecular formula is C28H41NO6. The van der Waals surface area contributed by atoms with E-state index in [1.807, 2.05) is 25.1 Å². The van der Waals surface area contributed by atoms with E-state index in [0.717, 1.165) is 37.7 Å². The van der Waals surface area contributed by atoms with Crippen molar-refractivity contribution in [3.05, 3.63) is 23.8 Å². The predicted molar refractivity (Wildman–Crippen MR) is 132 cm³/mol. The van der Waals surface area contributed by atoms with Gasteiger partial charge in [0.25, 0.3) is 5.91 Å². The second kappa shape index (κ2) is 10.8. The first-order valence-electron chi connectivity index (χ1n) is 13.2. The minimum absolute atomic E-state index is 0.0559. The summed E-state index contributed by atoms with van der Waals surface area (Å²) in [6.45, 7) is 6.73. The molecule has 0 bridgehead atoms. The van der Waals surface area contributed by atoms with Crippen molar-refractivity contribution >= 4 is 11.9 Å². The summed E-state index contributed by atoms with van der Waals surface area (Å²) in [5.41, 5.74) is 0.461. The molecule has 0 spiro atoms. The number of hydrogen-bond acceptors (Lipinski definition) is 6. The second-order valence-corrected chi connectivity index (χ2v) is 11.0. The standard InChI is InChI=1S/C28H41NO6/c1-18(30)28(3)17-29(27(32)26(35-19(2)31)21-8-6-5-7-9-21)15-23(28)22-12-13-24(33-4)25(14-22)34-16-20-10-11-20/h12-14,18,20-21,23,26,30H,5-11,15-17H2,1-4H3/t18-,23+,26+,28?/m1/s1. The van der Waals surface area contributed by atoms with Gasteiger partial charge in [-0.3, -0.25) is 9.59 Å². The topological polar surface area (TPSA) is 85.3 Å². The van der Waals surface area contributed by atoms with Crippen LogP contribution in [0.3, 0.4) is 0 Å². The van der Waals surface area contributed by atoms with Gasteiger partial charge in [-0.25, -0.2) is 0 Å². The molecule has 2 aliphatic carbocycles. The summed E-state index contributed by atoms with van der Waals surface area (Å²) in [6, 6.07) is 5.92. The number of carbonyl (C=O) groups excluding carboxylic acids is 2. The van der Waals surface area contributed by atoms with Gasteiger partial charge < -0.3 is 24.2 Å². The lowest BCUT2D eigenvalue weighted by molar-refractivity contribution is -0.163. The molecule has 3 aliphatic rings. The van der Waals surface area contributed by atoms with E-state index in [2.05, 4.69) is 0 Å². The Kier molecular flexibility index (Phi) is 7.94. The first kappa shape index (κ1) is 25.8. The van der Waals surface area contributed by atoms with Crippen LogP contribution in [0.2, 0.25) is 0 Å². The van der Waals surface area contributed by atoms with Crippen molar-refractivity contribution in [3.63, 3.8) is 0 Å². The molecule has 35 heavy (non-hydrogen) atoms. The second-order valence-electron chi connectivity index (χ2n) is 11.0. The van der Waals surface area contributed by atoms with Crippen LogP contribution in [0.15, 0.2) is 18.2 Å². The van der Waals surface area contributed by atoms with Gasteiger partial charge in [0.2, 0.25) is 0 Å². The predicted octanol–water partition coefficient (Wildman–Crippen LogP) is 4.31. The van der Waals surface area contributed by atoms with Gasteiger partial charge in [-0.1, -0.05) is 32.3 Å². The summed E-state index contributed by atoms with van der Waals surface area (Å²) in [4.78, 5) is 27.4. The van der Waals surface area contributed by atoms with Crippen molar-refractivity contribution in [2.24, 2.45) is 17.3 Å². The molecule has 3 fully saturated rings. The monoisotopic (exact) mass is 487 g/mol. The molecule has 4 atom stereocenters. The maximum Gasteiger partial charge on any atom is 0.303 e. The van der Waals surface area contributed by atoms with Crippen molar-refractivity contribution in [2.45, 2.75) is 83.8 Å². The molecule has 194 valence electrons. The van der Waals surface area contributed by atoms with Gasteiger partial charge >= 0.3 is 5.97 Å².